The fourth-order valence-electron chi connectivity index (χ4n) is 3.13. The fourth-order valence-corrected chi connectivity index (χ4v) is 3.57. The molecule has 0 atom stereocenters. The van der Waals surface area contributed by atoms with E-state index in [0.29, 0.717) is 19.8 Å². The highest BCUT2D eigenvalue weighted by Gasteiger charge is 2.43. The maximum Gasteiger partial charge on any atom is 0.140 e. The topological polar surface area (TPSA) is 34.1 Å². The summed E-state index contributed by atoms with van der Waals surface area (Å²) in [6, 6.07) is 12.6. The minimum Gasteiger partial charge on any atom is -0.375 e. The Hall–Kier alpha value is -1.69. The molecule has 0 radical (unpaired) electrons. The molecular weight excluding hydrogens is 404 g/mol. The number of hydrogen-bond donors (Lipinski definition) is 0. The summed E-state index contributed by atoms with van der Waals surface area (Å²) in [6.45, 7) is 9.00. The average molecular weight is 431 g/mol. The molecule has 5 heteroatoms. The summed E-state index contributed by atoms with van der Waals surface area (Å²) in [5.74, 6) is 0. The first-order chi connectivity index (χ1) is 12.9. The van der Waals surface area contributed by atoms with Crippen molar-refractivity contribution in [2.75, 3.05) is 26.8 Å². The van der Waals surface area contributed by atoms with Crippen molar-refractivity contribution in [3.8, 4) is 0 Å². The number of hydrogen-bond acceptors (Lipinski definition) is 3. The zero-order valence-corrected chi connectivity index (χ0v) is 18.0. The largest absolute Gasteiger partial charge is 0.375 e. The minimum atomic E-state index is -0.375. The number of ether oxygens (including phenoxy) is 2. The monoisotopic (exact) mass is 430 g/mol. The third kappa shape index (κ3) is 4.60. The third-order valence-electron chi connectivity index (χ3n) is 5.00. The highest BCUT2D eigenvalue weighted by molar-refractivity contribution is 9.10. The van der Waals surface area contributed by atoms with Crippen molar-refractivity contribution in [2.24, 2.45) is 4.99 Å². The van der Waals surface area contributed by atoms with Gasteiger partial charge in [-0.15, -0.1) is 0 Å². The van der Waals surface area contributed by atoms with E-state index in [0.717, 1.165) is 27.8 Å². The summed E-state index contributed by atoms with van der Waals surface area (Å²) in [6.07, 6.45) is 1.88. The molecule has 1 aliphatic rings. The Morgan fingerprint density at radius 3 is 2.63 bits per heavy atom. The zero-order chi connectivity index (χ0) is 19.4. The molecule has 27 heavy (non-hydrogen) atoms. The smallest absolute Gasteiger partial charge is 0.140 e. The Labute approximate surface area is 170 Å². The Morgan fingerprint density at radius 2 is 2.00 bits per heavy atom. The van der Waals surface area contributed by atoms with Gasteiger partial charge in [0.05, 0.1) is 31.8 Å². The van der Waals surface area contributed by atoms with Gasteiger partial charge >= 0.3 is 0 Å². The normalized spacial score (nSPS) is 15.7. The molecular formula is C22H27BrN2O2. The van der Waals surface area contributed by atoms with Crippen LogP contribution in [-0.4, -0.2) is 38.0 Å². The number of aryl methyl sites for hydroxylation is 2. The molecule has 1 fully saturated rings. The maximum absolute atomic E-state index is 6.39. The van der Waals surface area contributed by atoms with Crippen LogP contribution >= 0.6 is 15.9 Å². The van der Waals surface area contributed by atoms with Gasteiger partial charge in [-0.25, -0.2) is 4.99 Å². The van der Waals surface area contributed by atoms with Gasteiger partial charge in [0, 0.05) is 18.1 Å². The number of benzene rings is 2. The van der Waals surface area contributed by atoms with Gasteiger partial charge < -0.3 is 14.4 Å². The Morgan fingerprint density at radius 1 is 1.22 bits per heavy atom. The molecule has 0 saturated carbocycles. The van der Waals surface area contributed by atoms with Crippen molar-refractivity contribution < 1.29 is 9.47 Å². The Bertz CT molecular complexity index is 831. The van der Waals surface area contributed by atoms with Crippen molar-refractivity contribution in [1.82, 2.24) is 4.90 Å². The van der Waals surface area contributed by atoms with E-state index in [2.05, 4.69) is 70.9 Å². The quantitative estimate of drug-likeness (QED) is 0.451. The van der Waals surface area contributed by atoms with Gasteiger partial charge in [0.2, 0.25) is 0 Å². The van der Waals surface area contributed by atoms with Gasteiger partial charge in [-0.2, -0.15) is 0 Å². The van der Waals surface area contributed by atoms with Gasteiger partial charge in [-0.05, 0) is 61.2 Å². The first kappa shape index (κ1) is 20.1. The fraction of sp³-hybridized carbons (Fsp3) is 0.409. The molecule has 2 aromatic carbocycles. The molecule has 2 aromatic rings. The Balaban J connectivity index is 1.82. The summed E-state index contributed by atoms with van der Waals surface area (Å²) in [4.78, 5) is 6.69. The molecule has 1 saturated heterocycles. The minimum absolute atomic E-state index is 0.375. The van der Waals surface area contributed by atoms with E-state index in [1.807, 2.05) is 25.5 Å². The molecule has 144 valence electrons. The molecule has 0 aliphatic carbocycles. The van der Waals surface area contributed by atoms with Gasteiger partial charge in [0.1, 0.15) is 5.60 Å². The molecule has 0 aromatic heterocycles. The van der Waals surface area contributed by atoms with Gasteiger partial charge in [-0.1, -0.05) is 34.1 Å². The molecule has 0 N–H and O–H groups in total. The molecule has 0 amide bonds. The third-order valence-corrected chi connectivity index (χ3v) is 5.49. The van der Waals surface area contributed by atoms with Crippen molar-refractivity contribution >= 4 is 28.0 Å². The van der Waals surface area contributed by atoms with E-state index in [9.17, 15) is 0 Å². The zero-order valence-electron chi connectivity index (χ0n) is 16.5. The van der Waals surface area contributed by atoms with Crippen LogP contribution in [0.1, 0.15) is 29.2 Å². The Kier molecular flexibility index (Phi) is 6.35. The molecule has 0 bridgehead atoms. The van der Waals surface area contributed by atoms with Crippen LogP contribution < -0.4 is 0 Å². The standard InChI is InChI=1S/C22H27BrN2O2/c1-5-25(4)15-24-21-10-16(2)20(9-17(21)3)22(13-26-14-22)27-12-18-7-6-8-19(23)11-18/h6-11,15H,5,12-14H2,1-4H3. The summed E-state index contributed by atoms with van der Waals surface area (Å²) in [5.41, 5.74) is 5.30. The first-order valence-electron chi connectivity index (χ1n) is 9.26. The summed E-state index contributed by atoms with van der Waals surface area (Å²) in [5, 5.41) is 0. The van der Waals surface area contributed by atoms with E-state index in [1.165, 1.54) is 11.1 Å². The molecule has 1 heterocycles. The SMILES string of the molecule is CCN(C)C=Nc1cc(C)c(C2(OCc3cccc(Br)c3)COC2)cc1C. The van der Waals surface area contributed by atoms with Crippen LogP contribution in [0.25, 0.3) is 0 Å². The van der Waals surface area contributed by atoms with Crippen molar-refractivity contribution in [3.05, 3.63) is 63.1 Å². The van der Waals surface area contributed by atoms with Gasteiger partial charge in [0.15, 0.2) is 0 Å². The highest BCUT2D eigenvalue weighted by atomic mass is 79.9. The van der Waals surface area contributed by atoms with Crippen molar-refractivity contribution in [2.45, 2.75) is 33.0 Å². The predicted molar refractivity (Wildman–Crippen MR) is 114 cm³/mol. The molecule has 4 nitrogen and oxygen atoms in total. The van der Waals surface area contributed by atoms with E-state index in [-0.39, 0.29) is 5.60 Å². The molecule has 3 rings (SSSR count). The van der Waals surface area contributed by atoms with Crippen molar-refractivity contribution in [3.63, 3.8) is 0 Å². The maximum atomic E-state index is 6.39. The summed E-state index contributed by atoms with van der Waals surface area (Å²) < 4.78 is 13.0. The van der Waals surface area contributed by atoms with Crippen LogP contribution in [-0.2, 0) is 21.7 Å². The molecule has 0 unspecified atom stereocenters. The van der Waals surface area contributed by atoms with Crippen LogP contribution in [0.4, 0.5) is 5.69 Å². The lowest BCUT2D eigenvalue weighted by molar-refractivity contribution is -0.223. The molecule has 0 spiro atoms. The van der Waals surface area contributed by atoms with E-state index in [1.54, 1.807) is 0 Å². The van der Waals surface area contributed by atoms with Crippen LogP contribution in [0.3, 0.4) is 0 Å². The lowest BCUT2D eigenvalue weighted by Gasteiger charge is -2.42. The highest BCUT2D eigenvalue weighted by Crippen LogP contribution is 2.39. The van der Waals surface area contributed by atoms with E-state index in [4.69, 9.17) is 9.47 Å². The summed E-state index contributed by atoms with van der Waals surface area (Å²) >= 11 is 3.52. The van der Waals surface area contributed by atoms with Crippen LogP contribution in [0.15, 0.2) is 45.9 Å². The summed E-state index contributed by atoms with van der Waals surface area (Å²) in [7, 11) is 2.02. The van der Waals surface area contributed by atoms with E-state index < -0.39 is 0 Å². The van der Waals surface area contributed by atoms with E-state index >= 15 is 0 Å². The average Bonchev–Trinajstić information content (AvgIpc) is 2.61. The predicted octanol–water partition coefficient (Wildman–Crippen LogP) is 5.12. The van der Waals surface area contributed by atoms with Crippen LogP contribution in [0.2, 0.25) is 0 Å². The number of aliphatic imine (C=N–C) groups is 1. The number of rotatable bonds is 7. The van der Waals surface area contributed by atoms with Crippen molar-refractivity contribution in [1.29, 1.82) is 0 Å². The lowest BCUT2D eigenvalue weighted by atomic mass is 9.86. The second-order valence-corrected chi connectivity index (χ2v) is 8.09. The van der Waals surface area contributed by atoms with Gasteiger partial charge in [0.25, 0.3) is 0 Å². The van der Waals surface area contributed by atoms with Crippen LogP contribution in [0, 0.1) is 13.8 Å². The second-order valence-electron chi connectivity index (χ2n) is 7.18. The number of nitrogens with zero attached hydrogens (tertiary/aromatic N) is 2. The van der Waals surface area contributed by atoms with Crippen LogP contribution in [0.5, 0.6) is 0 Å². The second kappa shape index (κ2) is 8.55. The molecule has 1 aliphatic heterocycles. The lowest BCUT2D eigenvalue weighted by Crippen LogP contribution is -2.49. The first-order valence-corrected chi connectivity index (χ1v) is 10.0. The number of halogens is 1. The van der Waals surface area contributed by atoms with Gasteiger partial charge in [-0.3, -0.25) is 0 Å².